The average molecular weight is 117 g/mol. The second-order valence-corrected chi connectivity index (χ2v) is 2.05. The van der Waals surface area contributed by atoms with Gasteiger partial charge in [-0.1, -0.05) is 20.3 Å². The maximum atomic E-state index is 5.11. The molecule has 0 aliphatic heterocycles. The van der Waals surface area contributed by atoms with Gasteiger partial charge in [0.2, 0.25) is 0 Å². The highest BCUT2D eigenvalue weighted by molar-refractivity contribution is 4.44. The van der Waals surface area contributed by atoms with Crippen LogP contribution in [0.15, 0.2) is 0 Å². The molecular formula is C6H15NO. The normalized spacial score (nSPS) is 13.9. The number of ether oxygens (including phenoxy) is 1. The second-order valence-electron chi connectivity index (χ2n) is 2.05. The van der Waals surface area contributed by atoms with Crippen molar-refractivity contribution < 1.29 is 4.74 Å². The van der Waals surface area contributed by atoms with Crippen LogP contribution in [-0.2, 0) is 4.74 Å². The summed E-state index contributed by atoms with van der Waals surface area (Å²) in [6, 6.07) is 0. The molecule has 1 unspecified atom stereocenters. The molecule has 0 aliphatic carbocycles. The molecule has 0 radical (unpaired) electrons. The van der Waals surface area contributed by atoms with Gasteiger partial charge in [0.1, 0.15) is 0 Å². The zero-order valence-corrected chi connectivity index (χ0v) is 5.68. The Morgan fingerprint density at radius 2 is 2.25 bits per heavy atom. The standard InChI is InChI=1S/C6H15NO/c1-3-6(2)4-8-5-7/h6H,3-5,7H2,1-2H3. The molecule has 2 N–H and O–H groups in total. The van der Waals surface area contributed by atoms with E-state index in [1.165, 1.54) is 6.42 Å². The Labute approximate surface area is 51.0 Å². The number of hydrogen-bond acceptors (Lipinski definition) is 2. The van der Waals surface area contributed by atoms with Crippen LogP contribution < -0.4 is 5.73 Å². The van der Waals surface area contributed by atoms with Crippen LogP contribution in [0.5, 0.6) is 0 Å². The number of rotatable bonds is 4. The molecule has 2 nitrogen and oxygen atoms in total. The first-order chi connectivity index (χ1) is 3.81. The van der Waals surface area contributed by atoms with Crippen LogP contribution in [0.4, 0.5) is 0 Å². The van der Waals surface area contributed by atoms with Gasteiger partial charge in [-0.2, -0.15) is 0 Å². The van der Waals surface area contributed by atoms with Crippen LogP contribution in [0.2, 0.25) is 0 Å². The third-order valence-corrected chi connectivity index (χ3v) is 1.22. The SMILES string of the molecule is CCC(C)COCN. The minimum Gasteiger partial charge on any atom is -0.366 e. The van der Waals surface area contributed by atoms with E-state index < -0.39 is 0 Å². The Morgan fingerprint density at radius 3 is 2.62 bits per heavy atom. The third kappa shape index (κ3) is 4.09. The molecule has 2 heteroatoms. The first kappa shape index (κ1) is 7.92. The summed E-state index contributed by atoms with van der Waals surface area (Å²) >= 11 is 0. The topological polar surface area (TPSA) is 35.2 Å². The molecule has 0 bridgehead atoms. The molecule has 0 amide bonds. The summed E-state index contributed by atoms with van der Waals surface area (Å²) < 4.78 is 4.96. The van der Waals surface area contributed by atoms with E-state index in [1.54, 1.807) is 0 Å². The van der Waals surface area contributed by atoms with E-state index in [4.69, 9.17) is 10.5 Å². The largest absolute Gasteiger partial charge is 0.366 e. The average Bonchev–Trinajstić information content (AvgIpc) is 1.83. The van der Waals surface area contributed by atoms with Crippen LogP contribution in [0, 0.1) is 5.92 Å². The molecule has 0 rings (SSSR count). The molecular weight excluding hydrogens is 102 g/mol. The lowest BCUT2D eigenvalue weighted by atomic mass is 10.1. The highest BCUT2D eigenvalue weighted by Crippen LogP contribution is 1.98. The smallest absolute Gasteiger partial charge is 0.0940 e. The van der Waals surface area contributed by atoms with E-state index >= 15 is 0 Å². The van der Waals surface area contributed by atoms with Gasteiger partial charge in [-0.25, -0.2) is 0 Å². The lowest BCUT2D eigenvalue weighted by Gasteiger charge is -2.05. The van der Waals surface area contributed by atoms with Gasteiger partial charge >= 0.3 is 0 Å². The summed E-state index contributed by atoms with van der Waals surface area (Å²) in [4.78, 5) is 0. The Kier molecular flexibility index (Phi) is 5.01. The molecule has 0 aromatic rings. The van der Waals surface area contributed by atoms with Crippen molar-refractivity contribution >= 4 is 0 Å². The van der Waals surface area contributed by atoms with Crippen LogP contribution in [0.25, 0.3) is 0 Å². The van der Waals surface area contributed by atoms with Crippen molar-refractivity contribution in [3.8, 4) is 0 Å². The molecule has 0 heterocycles. The highest BCUT2D eigenvalue weighted by atomic mass is 16.5. The number of nitrogens with two attached hydrogens (primary N) is 1. The van der Waals surface area contributed by atoms with E-state index in [2.05, 4.69) is 13.8 Å². The first-order valence-electron chi connectivity index (χ1n) is 3.09. The Bertz CT molecular complexity index is 47.8. The molecule has 8 heavy (non-hydrogen) atoms. The molecule has 0 spiro atoms. The van der Waals surface area contributed by atoms with Crippen LogP contribution in [0.1, 0.15) is 20.3 Å². The quantitative estimate of drug-likeness (QED) is 0.557. The molecule has 0 saturated carbocycles. The number of hydrogen-bond donors (Lipinski definition) is 1. The van der Waals surface area contributed by atoms with Crippen molar-refractivity contribution in [1.29, 1.82) is 0 Å². The molecule has 1 atom stereocenters. The van der Waals surface area contributed by atoms with Crippen molar-refractivity contribution in [3.05, 3.63) is 0 Å². The van der Waals surface area contributed by atoms with E-state index in [1.807, 2.05) is 0 Å². The molecule has 50 valence electrons. The maximum absolute atomic E-state index is 5.11. The zero-order valence-electron chi connectivity index (χ0n) is 5.68. The second kappa shape index (κ2) is 5.06. The molecule has 0 aromatic carbocycles. The van der Waals surface area contributed by atoms with Crippen molar-refractivity contribution in [1.82, 2.24) is 0 Å². The van der Waals surface area contributed by atoms with Gasteiger partial charge < -0.3 is 10.5 Å². The predicted molar refractivity (Wildman–Crippen MR) is 34.5 cm³/mol. The highest BCUT2D eigenvalue weighted by Gasteiger charge is 1.94. The van der Waals surface area contributed by atoms with E-state index in [0.717, 1.165) is 6.61 Å². The van der Waals surface area contributed by atoms with Gasteiger partial charge in [0, 0.05) is 0 Å². The lowest BCUT2D eigenvalue weighted by molar-refractivity contribution is 0.109. The van der Waals surface area contributed by atoms with Gasteiger partial charge in [-0.15, -0.1) is 0 Å². The van der Waals surface area contributed by atoms with Gasteiger partial charge in [-0.05, 0) is 5.92 Å². The van der Waals surface area contributed by atoms with Crippen LogP contribution in [0.3, 0.4) is 0 Å². The Morgan fingerprint density at radius 1 is 1.62 bits per heavy atom. The van der Waals surface area contributed by atoms with Crippen LogP contribution >= 0.6 is 0 Å². The molecule has 0 aliphatic rings. The summed E-state index contributed by atoms with van der Waals surface area (Å²) in [7, 11) is 0. The van der Waals surface area contributed by atoms with Gasteiger partial charge in [0.25, 0.3) is 0 Å². The monoisotopic (exact) mass is 117 g/mol. The lowest BCUT2D eigenvalue weighted by Crippen LogP contribution is -2.10. The first-order valence-corrected chi connectivity index (χ1v) is 3.09. The third-order valence-electron chi connectivity index (χ3n) is 1.22. The van der Waals surface area contributed by atoms with Gasteiger partial charge in [0.15, 0.2) is 0 Å². The summed E-state index contributed by atoms with van der Waals surface area (Å²) in [5, 5.41) is 0. The fourth-order valence-corrected chi connectivity index (χ4v) is 0.387. The van der Waals surface area contributed by atoms with Crippen molar-refractivity contribution in [2.45, 2.75) is 20.3 Å². The van der Waals surface area contributed by atoms with E-state index in [9.17, 15) is 0 Å². The predicted octanol–water partition coefficient (Wildman–Crippen LogP) is 0.965. The fraction of sp³-hybridized carbons (Fsp3) is 1.00. The minimum absolute atomic E-state index is 0.352. The summed E-state index contributed by atoms with van der Waals surface area (Å²) in [5.74, 6) is 0.651. The Hall–Kier alpha value is -0.0800. The molecule has 0 saturated heterocycles. The minimum atomic E-state index is 0.352. The summed E-state index contributed by atoms with van der Waals surface area (Å²) in [6.45, 7) is 5.44. The maximum Gasteiger partial charge on any atom is 0.0940 e. The fourth-order valence-electron chi connectivity index (χ4n) is 0.387. The molecule has 0 aromatic heterocycles. The summed E-state index contributed by atoms with van der Waals surface area (Å²) in [5.41, 5.74) is 5.11. The van der Waals surface area contributed by atoms with E-state index in [-0.39, 0.29) is 0 Å². The van der Waals surface area contributed by atoms with Crippen molar-refractivity contribution in [2.24, 2.45) is 11.7 Å². The Balaban J connectivity index is 2.86. The van der Waals surface area contributed by atoms with Crippen LogP contribution in [-0.4, -0.2) is 13.3 Å². The zero-order chi connectivity index (χ0) is 6.41. The summed E-state index contributed by atoms with van der Waals surface area (Å²) in [6.07, 6.45) is 1.17. The van der Waals surface area contributed by atoms with Gasteiger partial charge in [0.05, 0.1) is 13.3 Å². The van der Waals surface area contributed by atoms with Crippen molar-refractivity contribution in [3.63, 3.8) is 0 Å². The van der Waals surface area contributed by atoms with Gasteiger partial charge in [-0.3, -0.25) is 0 Å². The molecule has 0 fully saturated rings. The van der Waals surface area contributed by atoms with Crippen molar-refractivity contribution in [2.75, 3.05) is 13.3 Å². The van der Waals surface area contributed by atoms with E-state index in [0.29, 0.717) is 12.6 Å².